The number of rotatable bonds is 36. The maximum Gasteiger partial charge on any atom is 0.315 e. The van der Waals surface area contributed by atoms with Gasteiger partial charge in [-0.15, -0.1) is 0 Å². The van der Waals surface area contributed by atoms with Gasteiger partial charge in [0.25, 0.3) is 0 Å². The smallest absolute Gasteiger partial charge is 0.315 e. The highest BCUT2D eigenvalue weighted by molar-refractivity contribution is 5.99. The number of nitrogens with zero attached hydrogens (tertiary/aromatic N) is 3. The van der Waals surface area contributed by atoms with Crippen LogP contribution in [0.3, 0.4) is 0 Å². The number of likely N-dealkylation sites (tertiary alicyclic amines) is 1. The van der Waals surface area contributed by atoms with E-state index in [4.69, 9.17) is 22.9 Å². The molecule has 19 N–H and O–H groups in total. The van der Waals surface area contributed by atoms with Crippen LogP contribution in [0.1, 0.15) is 95.8 Å². The number of carbonyl (C=O) groups excluding carboxylic acids is 10. The van der Waals surface area contributed by atoms with Gasteiger partial charge in [-0.25, -0.2) is 4.79 Å². The Morgan fingerprint density at radius 3 is 1.99 bits per heavy atom. The Kier molecular flexibility index (Phi) is 28.3. The van der Waals surface area contributed by atoms with Crippen LogP contribution in [0.2, 0.25) is 0 Å². The normalized spacial score (nSPS) is 16.6. The number of amides is 8. The highest BCUT2D eigenvalue weighted by Gasteiger charge is 2.43. The topological polar surface area (TPSA) is 463 Å². The third-order valence-electron chi connectivity index (χ3n) is 15.6. The van der Waals surface area contributed by atoms with E-state index in [9.17, 15) is 63.3 Å². The van der Waals surface area contributed by atoms with Crippen LogP contribution in [0, 0.1) is 17.8 Å². The van der Waals surface area contributed by atoms with Crippen LogP contribution in [-0.4, -0.2) is 178 Å². The number of aromatic nitrogens is 1. The molecule has 1 aromatic heterocycles. The number of Topliss-reactive ketones (excluding diaryl/α,β-unsaturated/α-hetero) is 3. The van der Waals surface area contributed by atoms with Gasteiger partial charge in [-0.1, -0.05) is 74.5 Å². The molecule has 5 rings (SSSR count). The largest absolute Gasteiger partial charge is 0.508 e. The number of urea groups is 1. The van der Waals surface area contributed by atoms with Gasteiger partial charge >= 0.3 is 6.03 Å². The summed E-state index contributed by atoms with van der Waals surface area (Å²) in [7, 11) is 1.50. The van der Waals surface area contributed by atoms with Gasteiger partial charge in [0.05, 0.1) is 42.8 Å². The molecular weight excluding hydrogens is 1170 g/mol. The Balaban J connectivity index is 1.30. The quantitative estimate of drug-likeness (QED) is 0.0155. The molecule has 0 radical (unpaired) electrons. The SMILES string of the molecule is CN=C(N)NCCC[C@H](CC(=O)[C@H](CC(C)C)NC(=O)NCC(=O)[C@H](Cc1ccccc1)NC(=O)[C@@H](CC(=O)[C@H](CCCN=C(N)N)NC(=O)[C@@H]1C[C@@H](O)CN1C(=O)[C@@H](Cc1ccc(O)cc1)NC(C)=O)[C@@H](C)O)C(=O)N[C@@H](Cc1c[nH]c2ccccc12)C(N)=O. The average Bonchev–Trinajstić information content (AvgIpc) is 1.91. The first-order valence-electron chi connectivity index (χ1n) is 30.4. The van der Waals surface area contributed by atoms with Gasteiger partial charge in [0.2, 0.25) is 35.4 Å². The number of nitrogens with two attached hydrogens (primary N) is 4. The van der Waals surface area contributed by atoms with Gasteiger partial charge < -0.3 is 85.4 Å². The number of aromatic hydroxyl groups is 1. The molecule has 4 aromatic rings. The third kappa shape index (κ3) is 23.5. The standard InChI is InChI=1S/C63H89N15O13/c1-35(2)25-48(53(83)29-40(15-11-24-70-62(67)68-5)57(87)76-50(56(64)86)28-41-32-71-46-17-10-9-16-44(41)46)77-63(91)72-33-55(85)49(26-38-13-7-6-8-14-38)75-58(88)45(36(3)79)31-54(84)47(18-12-23-69-61(65)66)74-59(89)52-30-43(82)34-78(52)60(90)51(73-37(4)80)27-39-19-21-42(81)22-20-39/h6-10,13-14,16-17,19-22,32,35-36,40,43,45,47-52,71,79,81-82H,11-12,15,18,23-31,33-34H2,1-5H3,(H2,64,86)(H,73,80)(H,74,89)(H,75,88)(H,76,87)(H4,65,66,69)(H3,67,68,70)(H2,72,77,91)/t36-,40-,43-,45+,47+,48+,49+,50+,51-,52+/m1/s1. The van der Waals surface area contributed by atoms with Crippen molar-refractivity contribution in [2.24, 2.45) is 50.7 Å². The predicted molar refractivity (Wildman–Crippen MR) is 340 cm³/mol. The molecular formula is C63H89N15O13. The molecule has 0 saturated carbocycles. The van der Waals surface area contributed by atoms with Crippen LogP contribution in [0.4, 0.5) is 4.79 Å². The zero-order valence-electron chi connectivity index (χ0n) is 52.1. The molecule has 1 fully saturated rings. The van der Waals surface area contributed by atoms with Gasteiger partial charge in [0.15, 0.2) is 29.3 Å². The maximum absolute atomic E-state index is 14.4. The molecule has 1 aliphatic rings. The monoisotopic (exact) mass is 1260 g/mol. The van der Waals surface area contributed by atoms with Crippen molar-refractivity contribution in [2.75, 3.05) is 33.2 Å². The summed E-state index contributed by atoms with van der Waals surface area (Å²) in [5.74, 6) is -9.17. The molecule has 10 atom stereocenters. The number of para-hydroxylation sites is 1. The van der Waals surface area contributed by atoms with Crippen LogP contribution in [-0.2, 0) is 62.4 Å². The zero-order chi connectivity index (χ0) is 66.9. The lowest BCUT2D eigenvalue weighted by Crippen LogP contribution is -2.56. The number of ketones is 3. The lowest BCUT2D eigenvalue weighted by Gasteiger charge is -2.30. The van der Waals surface area contributed by atoms with E-state index < -0.39 is 132 Å². The number of aliphatic hydroxyl groups is 2. The van der Waals surface area contributed by atoms with Gasteiger partial charge in [0.1, 0.15) is 23.9 Å². The van der Waals surface area contributed by atoms with Crippen LogP contribution >= 0.6 is 0 Å². The number of fused-ring (bicyclic) bond motifs is 1. The number of phenolic OH excluding ortho intramolecular Hbond substituents is 1. The van der Waals surface area contributed by atoms with E-state index in [2.05, 4.69) is 52.2 Å². The summed E-state index contributed by atoms with van der Waals surface area (Å²) >= 11 is 0. The Bertz CT molecular complexity index is 3210. The lowest BCUT2D eigenvalue weighted by atomic mass is 9.90. The van der Waals surface area contributed by atoms with Crippen molar-refractivity contribution in [2.45, 2.75) is 147 Å². The minimum Gasteiger partial charge on any atom is -0.508 e. The van der Waals surface area contributed by atoms with E-state index in [-0.39, 0.29) is 94.5 Å². The van der Waals surface area contributed by atoms with E-state index in [1.54, 1.807) is 48.7 Å². The summed E-state index contributed by atoms with van der Waals surface area (Å²) in [5, 5.41) is 51.3. The number of guanidine groups is 2. The summed E-state index contributed by atoms with van der Waals surface area (Å²) < 4.78 is 0. The molecule has 1 saturated heterocycles. The van der Waals surface area contributed by atoms with E-state index in [0.717, 1.165) is 21.4 Å². The number of H-pyrrole nitrogens is 1. The maximum atomic E-state index is 14.4. The van der Waals surface area contributed by atoms with Crippen molar-refractivity contribution >= 4 is 81.6 Å². The Morgan fingerprint density at radius 1 is 0.692 bits per heavy atom. The fourth-order valence-electron chi connectivity index (χ4n) is 10.7. The fraction of sp³-hybridized carbons (Fsp3) is 0.492. The van der Waals surface area contributed by atoms with Crippen molar-refractivity contribution in [1.29, 1.82) is 0 Å². The second-order valence-electron chi connectivity index (χ2n) is 23.3. The fourth-order valence-corrected chi connectivity index (χ4v) is 10.7. The summed E-state index contributed by atoms with van der Waals surface area (Å²) in [4.78, 5) is 151. The molecule has 494 valence electrons. The number of aliphatic imine (C=N–C) groups is 2. The van der Waals surface area contributed by atoms with E-state index in [1.165, 1.54) is 33.0 Å². The number of β-amino-alcohol motifs (C(OH)–C–C–N with tert-alkyl or cyclic N) is 1. The van der Waals surface area contributed by atoms with Gasteiger partial charge in [-0.3, -0.25) is 53.1 Å². The number of aliphatic hydroxyl groups excluding tert-OH is 2. The molecule has 2 heterocycles. The van der Waals surface area contributed by atoms with Gasteiger partial charge in [-0.05, 0) is 86.3 Å². The third-order valence-corrected chi connectivity index (χ3v) is 15.6. The molecule has 8 amide bonds. The molecule has 0 aliphatic carbocycles. The molecule has 0 spiro atoms. The van der Waals surface area contributed by atoms with Gasteiger partial charge in [-0.2, -0.15) is 0 Å². The van der Waals surface area contributed by atoms with E-state index >= 15 is 0 Å². The van der Waals surface area contributed by atoms with Crippen molar-refractivity contribution in [3.8, 4) is 5.75 Å². The Morgan fingerprint density at radius 2 is 1.34 bits per heavy atom. The highest BCUT2D eigenvalue weighted by atomic mass is 16.3. The molecule has 3 aromatic carbocycles. The molecule has 91 heavy (non-hydrogen) atoms. The Labute approximate surface area is 528 Å². The number of hydrogen-bond donors (Lipinski definition) is 15. The van der Waals surface area contributed by atoms with Crippen LogP contribution in [0.25, 0.3) is 10.9 Å². The van der Waals surface area contributed by atoms with Crippen molar-refractivity contribution < 1.29 is 63.3 Å². The molecule has 28 heteroatoms. The highest BCUT2D eigenvalue weighted by Crippen LogP contribution is 2.25. The number of aromatic amines is 1. The number of phenols is 1. The Hall–Kier alpha value is -9.44. The lowest BCUT2D eigenvalue weighted by molar-refractivity contribution is -0.142. The van der Waals surface area contributed by atoms with E-state index in [1.807, 2.05) is 38.1 Å². The summed E-state index contributed by atoms with van der Waals surface area (Å²) in [6, 6.07) is 13.4. The van der Waals surface area contributed by atoms with Crippen molar-refractivity contribution in [1.82, 2.24) is 47.1 Å². The molecule has 0 bridgehead atoms. The first-order valence-corrected chi connectivity index (χ1v) is 30.4. The van der Waals surface area contributed by atoms with Crippen molar-refractivity contribution in [3.05, 3.63) is 102 Å². The van der Waals surface area contributed by atoms with E-state index in [0.29, 0.717) is 24.1 Å². The van der Waals surface area contributed by atoms with Crippen LogP contribution in [0.15, 0.2) is 95.0 Å². The number of hydrogen-bond acceptors (Lipinski definition) is 15. The molecule has 1 aliphatic heterocycles. The second kappa shape index (κ2) is 35.7. The number of carbonyl (C=O) groups is 10. The summed E-state index contributed by atoms with van der Waals surface area (Å²) in [6.07, 6.45) is -1.66. The number of benzene rings is 3. The number of nitrogens with one attached hydrogen (secondary N) is 8. The second-order valence-corrected chi connectivity index (χ2v) is 23.3. The van der Waals surface area contributed by atoms with Crippen LogP contribution < -0.4 is 60.2 Å². The number of primary amides is 1. The summed E-state index contributed by atoms with van der Waals surface area (Å²) in [6.45, 7) is 5.47. The molecule has 28 nitrogen and oxygen atoms in total. The van der Waals surface area contributed by atoms with Gasteiger partial charge in [0, 0.05) is 88.7 Å². The minimum absolute atomic E-state index is 0.0205. The first-order chi connectivity index (χ1) is 43.2. The minimum atomic E-state index is -1.52. The first kappa shape index (κ1) is 72.3. The van der Waals surface area contributed by atoms with Crippen LogP contribution in [0.5, 0.6) is 5.75 Å². The van der Waals surface area contributed by atoms with Crippen molar-refractivity contribution in [3.63, 3.8) is 0 Å². The zero-order valence-corrected chi connectivity index (χ0v) is 52.1. The molecule has 0 unspecified atom stereocenters. The predicted octanol–water partition coefficient (Wildman–Crippen LogP) is -0.510. The average molecular weight is 1260 g/mol. The summed E-state index contributed by atoms with van der Waals surface area (Å²) in [5.41, 5.74) is 25.4.